The van der Waals surface area contributed by atoms with E-state index in [-0.39, 0.29) is 5.91 Å². The van der Waals surface area contributed by atoms with E-state index in [1.165, 1.54) is 0 Å². The lowest BCUT2D eigenvalue weighted by Crippen LogP contribution is -2.24. The number of amides is 1. The van der Waals surface area contributed by atoms with Gasteiger partial charge in [-0.25, -0.2) is 0 Å². The summed E-state index contributed by atoms with van der Waals surface area (Å²) in [4.78, 5) is 15.1. The Balaban J connectivity index is 1.93. The van der Waals surface area contributed by atoms with Crippen LogP contribution in [0, 0.1) is 0 Å². The summed E-state index contributed by atoms with van der Waals surface area (Å²) in [6.45, 7) is 0.749. The number of thioether (sulfide) groups is 1. The van der Waals surface area contributed by atoms with Crippen LogP contribution in [0.2, 0.25) is 0 Å². The summed E-state index contributed by atoms with van der Waals surface area (Å²) in [6, 6.07) is 7.85. The summed E-state index contributed by atoms with van der Waals surface area (Å²) in [7, 11) is 0. The number of carbonyl (C=O) groups is 1. The molecule has 2 rings (SSSR count). The van der Waals surface area contributed by atoms with Gasteiger partial charge in [0.2, 0.25) is 0 Å². The molecule has 0 saturated heterocycles. The lowest BCUT2D eigenvalue weighted by Gasteiger charge is -2.03. The average Bonchev–Trinajstić information content (AvgIpc) is 2.82. The third-order valence-electron chi connectivity index (χ3n) is 2.89. The van der Waals surface area contributed by atoms with Crippen LogP contribution < -0.4 is 5.32 Å². The molecular weight excluding hydrogens is 244 g/mol. The van der Waals surface area contributed by atoms with E-state index in [4.69, 9.17) is 0 Å². The quantitative estimate of drug-likeness (QED) is 0.786. The van der Waals surface area contributed by atoms with Gasteiger partial charge in [0.05, 0.1) is 5.56 Å². The molecule has 0 aliphatic carbocycles. The van der Waals surface area contributed by atoms with Crippen LogP contribution in [-0.2, 0) is 0 Å². The van der Waals surface area contributed by atoms with Crippen molar-refractivity contribution < 1.29 is 4.79 Å². The van der Waals surface area contributed by atoms with E-state index in [0.717, 1.165) is 41.6 Å². The standard InChI is InChI=1S/C14H18N2OS/c1-18-9-5-4-8-15-14(17)12-10-16-13-7-3-2-6-11(12)13/h2-3,6-7,10,16H,4-5,8-9H2,1H3,(H,15,17). The minimum Gasteiger partial charge on any atom is -0.360 e. The summed E-state index contributed by atoms with van der Waals surface area (Å²) < 4.78 is 0. The summed E-state index contributed by atoms with van der Waals surface area (Å²) in [5, 5.41) is 3.95. The molecular formula is C14H18N2OS. The van der Waals surface area contributed by atoms with Gasteiger partial charge in [0, 0.05) is 23.6 Å². The SMILES string of the molecule is CSCCCCNC(=O)c1c[nH]c2ccccc12. The number of H-pyrrole nitrogens is 1. The first-order chi connectivity index (χ1) is 8.83. The zero-order chi connectivity index (χ0) is 12.8. The summed E-state index contributed by atoms with van der Waals surface area (Å²) in [5.74, 6) is 1.17. The molecule has 0 unspecified atom stereocenters. The first-order valence-electron chi connectivity index (χ1n) is 6.16. The minimum atomic E-state index is 0.0107. The van der Waals surface area contributed by atoms with Crippen molar-refractivity contribution in [3.63, 3.8) is 0 Å². The van der Waals surface area contributed by atoms with E-state index < -0.39 is 0 Å². The number of aromatic nitrogens is 1. The van der Waals surface area contributed by atoms with E-state index >= 15 is 0 Å². The number of aromatic amines is 1. The molecule has 18 heavy (non-hydrogen) atoms. The van der Waals surface area contributed by atoms with Crippen LogP contribution in [-0.4, -0.2) is 29.4 Å². The molecule has 4 heteroatoms. The Hall–Kier alpha value is -1.42. The van der Waals surface area contributed by atoms with Gasteiger partial charge >= 0.3 is 0 Å². The monoisotopic (exact) mass is 262 g/mol. The lowest BCUT2D eigenvalue weighted by molar-refractivity contribution is 0.0955. The van der Waals surface area contributed by atoms with Crippen molar-refractivity contribution in [2.24, 2.45) is 0 Å². The van der Waals surface area contributed by atoms with Crippen molar-refractivity contribution in [1.29, 1.82) is 0 Å². The molecule has 0 radical (unpaired) electrons. The molecule has 1 heterocycles. The topological polar surface area (TPSA) is 44.9 Å². The molecule has 0 aliphatic heterocycles. The molecule has 0 bridgehead atoms. The second-order valence-electron chi connectivity index (χ2n) is 4.20. The third kappa shape index (κ3) is 3.07. The Bertz CT molecular complexity index is 521. The Labute approximate surface area is 111 Å². The fourth-order valence-corrected chi connectivity index (χ4v) is 2.42. The fourth-order valence-electron chi connectivity index (χ4n) is 1.93. The van der Waals surface area contributed by atoms with Crippen molar-refractivity contribution in [2.75, 3.05) is 18.6 Å². The number of benzene rings is 1. The second kappa shape index (κ2) is 6.50. The van der Waals surface area contributed by atoms with Crippen molar-refractivity contribution in [3.8, 4) is 0 Å². The number of rotatable bonds is 6. The molecule has 0 atom stereocenters. The van der Waals surface area contributed by atoms with Crippen molar-refractivity contribution in [2.45, 2.75) is 12.8 Å². The molecule has 1 aromatic heterocycles. The maximum absolute atomic E-state index is 12.0. The maximum Gasteiger partial charge on any atom is 0.253 e. The highest BCUT2D eigenvalue weighted by molar-refractivity contribution is 7.98. The van der Waals surface area contributed by atoms with Gasteiger partial charge in [-0.2, -0.15) is 11.8 Å². The number of nitrogens with one attached hydrogen (secondary N) is 2. The van der Waals surface area contributed by atoms with Crippen LogP contribution in [0.15, 0.2) is 30.5 Å². The summed E-state index contributed by atoms with van der Waals surface area (Å²) in [5.41, 5.74) is 1.74. The Kier molecular flexibility index (Phi) is 4.70. The smallest absolute Gasteiger partial charge is 0.253 e. The van der Waals surface area contributed by atoms with Crippen LogP contribution in [0.25, 0.3) is 10.9 Å². The lowest BCUT2D eigenvalue weighted by atomic mass is 10.1. The highest BCUT2D eigenvalue weighted by atomic mass is 32.2. The van der Waals surface area contributed by atoms with Gasteiger partial charge < -0.3 is 10.3 Å². The van der Waals surface area contributed by atoms with Gasteiger partial charge in [-0.15, -0.1) is 0 Å². The number of hydrogen-bond acceptors (Lipinski definition) is 2. The van der Waals surface area contributed by atoms with Crippen molar-refractivity contribution in [3.05, 3.63) is 36.0 Å². The largest absolute Gasteiger partial charge is 0.360 e. The van der Waals surface area contributed by atoms with E-state index in [1.807, 2.05) is 36.0 Å². The number of para-hydroxylation sites is 1. The minimum absolute atomic E-state index is 0.0107. The number of fused-ring (bicyclic) bond motifs is 1. The molecule has 0 saturated carbocycles. The molecule has 2 N–H and O–H groups in total. The second-order valence-corrected chi connectivity index (χ2v) is 5.19. The molecule has 96 valence electrons. The van der Waals surface area contributed by atoms with Crippen LogP contribution >= 0.6 is 11.8 Å². The molecule has 2 aromatic rings. The van der Waals surface area contributed by atoms with E-state index in [2.05, 4.69) is 16.6 Å². The number of unbranched alkanes of at least 4 members (excludes halogenated alkanes) is 1. The predicted octanol–water partition coefficient (Wildman–Crippen LogP) is 3.04. The van der Waals surface area contributed by atoms with Gasteiger partial charge in [0.25, 0.3) is 5.91 Å². The predicted molar refractivity (Wildman–Crippen MR) is 78.2 cm³/mol. The number of carbonyl (C=O) groups excluding carboxylic acids is 1. The average molecular weight is 262 g/mol. The van der Waals surface area contributed by atoms with Gasteiger partial charge in [-0.1, -0.05) is 18.2 Å². The molecule has 3 nitrogen and oxygen atoms in total. The fraction of sp³-hybridized carbons (Fsp3) is 0.357. The van der Waals surface area contributed by atoms with Crippen LogP contribution in [0.1, 0.15) is 23.2 Å². The van der Waals surface area contributed by atoms with E-state index in [9.17, 15) is 4.79 Å². The normalized spacial score (nSPS) is 10.7. The third-order valence-corrected chi connectivity index (χ3v) is 3.59. The van der Waals surface area contributed by atoms with Crippen molar-refractivity contribution in [1.82, 2.24) is 10.3 Å². The van der Waals surface area contributed by atoms with E-state index in [1.54, 1.807) is 6.20 Å². The van der Waals surface area contributed by atoms with Gasteiger partial charge in [-0.3, -0.25) is 4.79 Å². The summed E-state index contributed by atoms with van der Waals surface area (Å²) in [6.07, 6.45) is 6.07. The molecule has 0 aliphatic rings. The van der Waals surface area contributed by atoms with E-state index in [0.29, 0.717) is 0 Å². The zero-order valence-electron chi connectivity index (χ0n) is 10.5. The first kappa shape index (κ1) is 13.0. The zero-order valence-corrected chi connectivity index (χ0v) is 11.3. The molecule has 1 aromatic carbocycles. The molecule has 0 spiro atoms. The first-order valence-corrected chi connectivity index (χ1v) is 7.55. The Morgan fingerprint density at radius 2 is 2.17 bits per heavy atom. The molecule has 1 amide bonds. The molecule has 0 fully saturated rings. The Morgan fingerprint density at radius 3 is 3.00 bits per heavy atom. The van der Waals surface area contributed by atoms with Gasteiger partial charge in [0.1, 0.15) is 0 Å². The van der Waals surface area contributed by atoms with Gasteiger partial charge in [-0.05, 0) is 30.9 Å². The van der Waals surface area contributed by atoms with Crippen molar-refractivity contribution >= 4 is 28.6 Å². The number of hydrogen-bond donors (Lipinski definition) is 2. The maximum atomic E-state index is 12.0. The Morgan fingerprint density at radius 1 is 1.33 bits per heavy atom. The van der Waals surface area contributed by atoms with Gasteiger partial charge in [0.15, 0.2) is 0 Å². The van der Waals surface area contributed by atoms with Crippen LogP contribution in [0.3, 0.4) is 0 Å². The highest BCUT2D eigenvalue weighted by Gasteiger charge is 2.10. The van der Waals surface area contributed by atoms with Crippen LogP contribution in [0.5, 0.6) is 0 Å². The summed E-state index contributed by atoms with van der Waals surface area (Å²) >= 11 is 1.84. The highest BCUT2D eigenvalue weighted by Crippen LogP contribution is 2.17. The van der Waals surface area contributed by atoms with Crippen LogP contribution in [0.4, 0.5) is 0 Å².